The van der Waals surface area contributed by atoms with Crippen molar-refractivity contribution in [2.45, 2.75) is 56.9 Å². The molecule has 0 saturated carbocycles. The first-order chi connectivity index (χ1) is 18.4. The maximum absolute atomic E-state index is 13.2. The van der Waals surface area contributed by atoms with E-state index in [1.807, 2.05) is 60.7 Å². The van der Waals surface area contributed by atoms with Gasteiger partial charge in [-0.3, -0.25) is 9.59 Å². The number of hydrogen-bond acceptors (Lipinski definition) is 3. The van der Waals surface area contributed by atoms with Crippen LogP contribution in [-0.2, 0) is 10.2 Å². The normalized spacial score (nSPS) is 16.1. The molecule has 1 unspecified atom stereocenters. The van der Waals surface area contributed by atoms with Gasteiger partial charge in [0.1, 0.15) is 0 Å². The average Bonchev–Trinajstić information content (AvgIpc) is 2.94. The third kappa shape index (κ3) is 7.03. The Labute approximate surface area is 230 Å². The van der Waals surface area contributed by atoms with Crippen LogP contribution in [0.5, 0.6) is 0 Å². The Bertz CT molecular complexity index is 1210. The van der Waals surface area contributed by atoms with Crippen molar-refractivity contribution < 1.29 is 14.7 Å². The molecule has 38 heavy (non-hydrogen) atoms. The molecule has 1 atom stereocenters. The Morgan fingerprint density at radius 2 is 1.66 bits per heavy atom. The molecule has 1 fully saturated rings. The van der Waals surface area contributed by atoms with Gasteiger partial charge in [-0.25, -0.2) is 0 Å². The quantitative estimate of drug-likeness (QED) is 0.285. The molecule has 1 saturated heterocycles. The number of likely N-dealkylation sites (tertiary alicyclic amines) is 1. The molecule has 1 aliphatic heterocycles. The molecule has 2 N–H and O–H groups in total. The van der Waals surface area contributed by atoms with Crippen molar-refractivity contribution >= 4 is 23.5 Å². The van der Waals surface area contributed by atoms with Gasteiger partial charge in [0.15, 0.2) is 0 Å². The van der Waals surface area contributed by atoms with E-state index in [0.29, 0.717) is 10.6 Å². The molecule has 0 spiro atoms. The van der Waals surface area contributed by atoms with E-state index < -0.39 is 5.97 Å². The largest absolute Gasteiger partial charge is 0.481 e. The highest BCUT2D eigenvalue weighted by atomic mass is 35.5. The van der Waals surface area contributed by atoms with Crippen molar-refractivity contribution in [3.63, 3.8) is 0 Å². The van der Waals surface area contributed by atoms with Crippen LogP contribution in [0.4, 0.5) is 0 Å². The fraction of sp³-hybridized carbons (Fsp3) is 0.375. The standard InChI is InChI=1S/C32H37ClN2O3/c1-2-32(23-30(36)37,25-12-7-4-8-13-25)18-9-19-35-20-16-27(17-21-35)34-31(38)29-22-26(33)14-15-28(29)24-10-5-3-6-11-24/h3-8,10-15,22,27H,2,9,16-21,23H2,1H3,(H,34,38)(H,36,37). The molecule has 0 radical (unpaired) electrons. The molecule has 0 bridgehead atoms. The number of piperidine rings is 1. The fourth-order valence-electron chi connectivity index (χ4n) is 5.70. The van der Waals surface area contributed by atoms with Crippen molar-refractivity contribution in [3.8, 4) is 11.1 Å². The van der Waals surface area contributed by atoms with E-state index in [9.17, 15) is 14.7 Å². The lowest BCUT2D eigenvalue weighted by molar-refractivity contribution is -0.138. The number of carbonyl (C=O) groups is 2. The monoisotopic (exact) mass is 532 g/mol. The SMILES string of the molecule is CCC(CCCN1CCC(NC(=O)c2cc(Cl)ccc2-c2ccccc2)CC1)(CC(=O)O)c1ccccc1. The molecule has 4 rings (SSSR count). The first-order valence-corrected chi connectivity index (χ1v) is 13.9. The zero-order valence-electron chi connectivity index (χ0n) is 22.0. The average molecular weight is 533 g/mol. The second kappa shape index (κ2) is 13.1. The van der Waals surface area contributed by atoms with Gasteiger partial charge in [-0.15, -0.1) is 0 Å². The van der Waals surface area contributed by atoms with Crippen molar-refractivity contribution in [1.82, 2.24) is 10.2 Å². The Morgan fingerprint density at radius 3 is 2.29 bits per heavy atom. The van der Waals surface area contributed by atoms with Gasteiger partial charge < -0.3 is 15.3 Å². The smallest absolute Gasteiger partial charge is 0.304 e. The van der Waals surface area contributed by atoms with Crippen molar-refractivity contribution in [1.29, 1.82) is 0 Å². The van der Waals surface area contributed by atoms with Crippen LogP contribution in [-0.4, -0.2) is 47.6 Å². The minimum absolute atomic E-state index is 0.0888. The molecular weight excluding hydrogens is 496 g/mol. The lowest BCUT2D eigenvalue weighted by atomic mass is 9.72. The Kier molecular flexibility index (Phi) is 9.59. The molecule has 1 aliphatic rings. The summed E-state index contributed by atoms with van der Waals surface area (Å²) in [4.78, 5) is 27.4. The van der Waals surface area contributed by atoms with Gasteiger partial charge in [-0.05, 0) is 67.5 Å². The highest BCUT2D eigenvalue weighted by Gasteiger charge is 2.33. The van der Waals surface area contributed by atoms with E-state index in [4.69, 9.17) is 11.6 Å². The first-order valence-electron chi connectivity index (χ1n) is 13.6. The van der Waals surface area contributed by atoms with E-state index in [0.717, 1.165) is 68.4 Å². The molecule has 5 nitrogen and oxygen atoms in total. The third-order valence-electron chi connectivity index (χ3n) is 7.92. The second-order valence-electron chi connectivity index (χ2n) is 10.3. The van der Waals surface area contributed by atoms with Crippen molar-refractivity contribution in [3.05, 3.63) is 95.0 Å². The minimum Gasteiger partial charge on any atom is -0.481 e. The third-order valence-corrected chi connectivity index (χ3v) is 8.15. The lowest BCUT2D eigenvalue weighted by Gasteiger charge is -2.35. The van der Waals surface area contributed by atoms with Gasteiger partial charge >= 0.3 is 5.97 Å². The molecule has 6 heteroatoms. The molecule has 3 aromatic carbocycles. The summed E-state index contributed by atoms with van der Waals surface area (Å²) in [5.41, 5.74) is 3.24. The molecular formula is C32H37ClN2O3. The molecule has 200 valence electrons. The summed E-state index contributed by atoms with van der Waals surface area (Å²) in [6, 6.07) is 25.6. The number of benzene rings is 3. The Balaban J connectivity index is 1.31. The summed E-state index contributed by atoms with van der Waals surface area (Å²) in [6.07, 6.45) is 4.50. The lowest BCUT2D eigenvalue weighted by Crippen LogP contribution is -2.45. The molecule has 0 aliphatic carbocycles. The van der Waals surface area contributed by atoms with E-state index in [1.54, 1.807) is 6.07 Å². The number of aliphatic carboxylic acids is 1. The molecule has 0 aromatic heterocycles. The van der Waals surface area contributed by atoms with E-state index in [2.05, 4.69) is 29.3 Å². The van der Waals surface area contributed by atoms with Crippen molar-refractivity contribution in [2.75, 3.05) is 19.6 Å². The Hall–Kier alpha value is -3.15. The van der Waals surface area contributed by atoms with Crippen LogP contribution in [0.2, 0.25) is 5.02 Å². The van der Waals surface area contributed by atoms with Crippen LogP contribution >= 0.6 is 11.6 Å². The number of carboxylic acid groups (broad SMARTS) is 1. The molecule has 1 amide bonds. The summed E-state index contributed by atoms with van der Waals surface area (Å²) in [6.45, 7) is 4.85. The summed E-state index contributed by atoms with van der Waals surface area (Å²) < 4.78 is 0. The minimum atomic E-state index is -0.748. The van der Waals surface area contributed by atoms with Crippen LogP contribution < -0.4 is 5.32 Å². The number of halogens is 1. The molecule has 1 heterocycles. The number of nitrogens with zero attached hydrogens (tertiary/aromatic N) is 1. The van der Waals surface area contributed by atoms with Gasteiger partial charge in [0.2, 0.25) is 0 Å². The topological polar surface area (TPSA) is 69.6 Å². The number of carboxylic acids is 1. The second-order valence-corrected chi connectivity index (χ2v) is 10.8. The van der Waals surface area contributed by atoms with Gasteiger partial charge in [0.25, 0.3) is 5.91 Å². The predicted octanol–water partition coefficient (Wildman–Crippen LogP) is 6.80. The first kappa shape index (κ1) is 27.9. The maximum atomic E-state index is 13.2. The number of carbonyl (C=O) groups excluding carboxylic acids is 1. The summed E-state index contributed by atoms with van der Waals surface area (Å²) in [5, 5.41) is 13.4. The number of rotatable bonds is 11. The van der Waals surface area contributed by atoms with Crippen LogP contribution in [0, 0.1) is 0 Å². The summed E-state index contributed by atoms with van der Waals surface area (Å²) in [7, 11) is 0. The number of nitrogens with one attached hydrogen (secondary N) is 1. The van der Waals surface area contributed by atoms with Gasteiger partial charge in [-0.1, -0.05) is 85.3 Å². The van der Waals surface area contributed by atoms with Crippen LogP contribution in [0.3, 0.4) is 0 Å². The van der Waals surface area contributed by atoms with Crippen LogP contribution in [0.15, 0.2) is 78.9 Å². The van der Waals surface area contributed by atoms with Crippen LogP contribution in [0.1, 0.15) is 61.4 Å². The van der Waals surface area contributed by atoms with E-state index >= 15 is 0 Å². The zero-order valence-corrected chi connectivity index (χ0v) is 22.8. The van der Waals surface area contributed by atoms with E-state index in [-0.39, 0.29) is 23.8 Å². The predicted molar refractivity (Wildman–Crippen MR) is 154 cm³/mol. The van der Waals surface area contributed by atoms with Gasteiger partial charge in [0.05, 0.1) is 6.42 Å². The maximum Gasteiger partial charge on any atom is 0.304 e. The van der Waals surface area contributed by atoms with Crippen molar-refractivity contribution in [2.24, 2.45) is 0 Å². The number of hydrogen-bond donors (Lipinski definition) is 2. The highest BCUT2D eigenvalue weighted by molar-refractivity contribution is 6.31. The van der Waals surface area contributed by atoms with Gasteiger partial charge in [0, 0.05) is 35.1 Å². The molecule has 3 aromatic rings. The fourth-order valence-corrected chi connectivity index (χ4v) is 5.87. The van der Waals surface area contributed by atoms with Gasteiger partial charge in [-0.2, -0.15) is 0 Å². The van der Waals surface area contributed by atoms with Crippen LogP contribution in [0.25, 0.3) is 11.1 Å². The number of amides is 1. The summed E-state index contributed by atoms with van der Waals surface area (Å²) >= 11 is 6.25. The summed E-state index contributed by atoms with van der Waals surface area (Å²) in [5.74, 6) is -0.837. The Morgan fingerprint density at radius 1 is 1.00 bits per heavy atom. The highest BCUT2D eigenvalue weighted by Crippen LogP contribution is 2.37. The van der Waals surface area contributed by atoms with E-state index in [1.165, 1.54) is 0 Å². The zero-order chi connectivity index (χ0) is 27.0.